The number of hydrogen-bond donors (Lipinski definition) is 1. The number of aryl methyl sites for hydroxylation is 2. The fourth-order valence-electron chi connectivity index (χ4n) is 2.10. The molecule has 0 aliphatic heterocycles. The molecule has 0 aliphatic rings. The Balaban J connectivity index is 2.15. The topological polar surface area (TPSA) is 42.2 Å². The second kappa shape index (κ2) is 5.08. The van der Waals surface area contributed by atoms with Crippen LogP contribution < -0.4 is 0 Å². The summed E-state index contributed by atoms with van der Waals surface area (Å²) in [5.41, 5.74) is 3.56. The second-order valence-electron chi connectivity index (χ2n) is 4.49. The molecule has 1 aromatic heterocycles. The van der Waals surface area contributed by atoms with Crippen LogP contribution in [0.5, 0.6) is 0 Å². The van der Waals surface area contributed by atoms with Crippen LogP contribution >= 0.6 is 0 Å². The van der Waals surface area contributed by atoms with Crippen molar-refractivity contribution in [1.82, 2.24) is 4.57 Å². The van der Waals surface area contributed by atoms with Crippen molar-refractivity contribution in [2.45, 2.75) is 26.8 Å². The molecule has 0 bridgehead atoms. The number of hydrogen-bond acceptors (Lipinski definition) is 1. The number of aromatic nitrogens is 1. The number of benzene rings is 1. The smallest absolute Gasteiger partial charge is 0.337 e. The van der Waals surface area contributed by atoms with Crippen molar-refractivity contribution in [3.8, 4) is 0 Å². The molecule has 18 heavy (non-hydrogen) atoms. The Morgan fingerprint density at radius 2 is 1.89 bits per heavy atom. The molecular formula is C15H17NO2. The van der Waals surface area contributed by atoms with Crippen LogP contribution in [0.25, 0.3) is 0 Å². The van der Waals surface area contributed by atoms with E-state index in [0.29, 0.717) is 5.56 Å². The lowest BCUT2D eigenvalue weighted by atomic mass is 10.1. The average Bonchev–Trinajstić information content (AvgIpc) is 2.65. The first-order valence-corrected chi connectivity index (χ1v) is 6.03. The van der Waals surface area contributed by atoms with Crippen molar-refractivity contribution in [2.24, 2.45) is 0 Å². The van der Waals surface area contributed by atoms with Gasteiger partial charge in [0.2, 0.25) is 0 Å². The summed E-state index contributed by atoms with van der Waals surface area (Å²) in [5.74, 6) is -0.853. The zero-order valence-corrected chi connectivity index (χ0v) is 10.7. The Hall–Kier alpha value is -2.03. The largest absolute Gasteiger partial charge is 0.478 e. The Morgan fingerprint density at radius 3 is 2.44 bits per heavy atom. The normalized spacial score (nSPS) is 10.6. The van der Waals surface area contributed by atoms with E-state index in [2.05, 4.69) is 12.1 Å². The zero-order chi connectivity index (χ0) is 13.1. The van der Waals surface area contributed by atoms with Crippen molar-refractivity contribution >= 4 is 5.97 Å². The van der Waals surface area contributed by atoms with Crippen LogP contribution in [-0.4, -0.2) is 15.6 Å². The first-order valence-electron chi connectivity index (χ1n) is 6.03. The van der Waals surface area contributed by atoms with E-state index >= 15 is 0 Å². The summed E-state index contributed by atoms with van der Waals surface area (Å²) in [6.45, 7) is 4.63. The Labute approximate surface area is 107 Å². The standard InChI is InChI=1S/C15H17NO2/c1-11-12(2)16(10-14(11)15(17)18)9-8-13-6-4-3-5-7-13/h3-7,10H,8-9H2,1-2H3,(H,17,18). The molecule has 3 heteroatoms. The molecule has 0 unspecified atom stereocenters. The third kappa shape index (κ3) is 2.45. The number of carbonyl (C=O) groups is 1. The number of rotatable bonds is 4. The molecule has 3 nitrogen and oxygen atoms in total. The fraction of sp³-hybridized carbons (Fsp3) is 0.267. The maximum Gasteiger partial charge on any atom is 0.337 e. The molecule has 0 atom stereocenters. The first-order chi connectivity index (χ1) is 8.59. The van der Waals surface area contributed by atoms with E-state index in [1.165, 1.54) is 5.56 Å². The maximum atomic E-state index is 11.0. The third-order valence-corrected chi connectivity index (χ3v) is 3.38. The van der Waals surface area contributed by atoms with Crippen LogP contribution in [0.3, 0.4) is 0 Å². The molecule has 1 N–H and O–H groups in total. The summed E-state index contributed by atoms with van der Waals surface area (Å²) in [5, 5.41) is 9.08. The molecule has 94 valence electrons. The van der Waals surface area contributed by atoms with E-state index in [0.717, 1.165) is 24.2 Å². The van der Waals surface area contributed by atoms with Crippen molar-refractivity contribution in [3.05, 3.63) is 58.9 Å². The number of aromatic carboxylic acids is 1. The van der Waals surface area contributed by atoms with Gasteiger partial charge in [-0.15, -0.1) is 0 Å². The summed E-state index contributed by atoms with van der Waals surface area (Å²) >= 11 is 0. The minimum absolute atomic E-state index is 0.403. The van der Waals surface area contributed by atoms with Gasteiger partial charge in [-0.3, -0.25) is 0 Å². The van der Waals surface area contributed by atoms with Gasteiger partial charge < -0.3 is 9.67 Å². The van der Waals surface area contributed by atoms with Crippen LogP contribution in [-0.2, 0) is 13.0 Å². The van der Waals surface area contributed by atoms with Crippen molar-refractivity contribution in [3.63, 3.8) is 0 Å². The fourth-order valence-corrected chi connectivity index (χ4v) is 2.10. The Bertz CT molecular complexity index is 555. The monoisotopic (exact) mass is 243 g/mol. The molecule has 2 aromatic rings. The van der Waals surface area contributed by atoms with Gasteiger partial charge in [0, 0.05) is 18.4 Å². The Kier molecular flexibility index (Phi) is 3.51. The first kappa shape index (κ1) is 12.4. The van der Waals surface area contributed by atoms with Crippen LogP contribution in [0.4, 0.5) is 0 Å². The zero-order valence-electron chi connectivity index (χ0n) is 10.7. The van der Waals surface area contributed by atoms with Crippen molar-refractivity contribution < 1.29 is 9.90 Å². The second-order valence-corrected chi connectivity index (χ2v) is 4.49. The van der Waals surface area contributed by atoms with Crippen molar-refractivity contribution in [2.75, 3.05) is 0 Å². The summed E-state index contributed by atoms with van der Waals surface area (Å²) in [6, 6.07) is 10.2. The van der Waals surface area contributed by atoms with E-state index < -0.39 is 5.97 Å². The van der Waals surface area contributed by atoms with E-state index in [-0.39, 0.29) is 0 Å². The molecule has 1 heterocycles. The van der Waals surface area contributed by atoms with Crippen LogP contribution in [0.2, 0.25) is 0 Å². The molecule has 0 radical (unpaired) electrons. The lowest BCUT2D eigenvalue weighted by Gasteiger charge is -2.06. The van der Waals surface area contributed by atoms with Crippen LogP contribution in [0.1, 0.15) is 27.2 Å². The van der Waals surface area contributed by atoms with Gasteiger partial charge in [0.1, 0.15) is 0 Å². The summed E-state index contributed by atoms with van der Waals surface area (Å²) in [6.07, 6.45) is 2.64. The summed E-state index contributed by atoms with van der Waals surface area (Å²) < 4.78 is 2.02. The quantitative estimate of drug-likeness (QED) is 0.896. The van der Waals surface area contributed by atoms with E-state index in [1.54, 1.807) is 6.20 Å². The lowest BCUT2D eigenvalue weighted by Crippen LogP contribution is -2.02. The minimum atomic E-state index is -0.853. The minimum Gasteiger partial charge on any atom is -0.478 e. The molecule has 0 spiro atoms. The highest BCUT2D eigenvalue weighted by Gasteiger charge is 2.13. The summed E-state index contributed by atoms with van der Waals surface area (Å²) in [7, 11) is 0. The molecule has 1 aromatic carbocycles. The predicted octanol–water partition coefficient (Wildman–Crippen LogP) is 3.05. The molecule has 2 rings (SSSR count). The number of nitrogens with zero attached hydrogens (tertiary/aromatic N) is 1. The highest BCUT2D eigenvalue weighted by molar-refractivity contribution is 5.89. The Morgan fingerprint density at radius 1 is 1.22 bits per heavy atom. The highest BCUT2D eigenvalue weighted by Crippen LogP contribution is 2.16. The molecule has 0 aliphatic carbocycles. The van der Waals surface area contributed by atoms with Crippen molar-refractivity contribution in [1.29, 1.82) is 0 Å². The molecule has 0 saturated carbocycles. The van der Waals surface area contributed by atoms with Gasteiger partial charge in [0.15, 0.2) is 0 Å². The molecular weight excluding hydrogens is 226 g/mol. The van der Waals surface area contributed by atoms with E-state index in [4.69, 9.17) is 5.11 Å². The number of carboxylic acid groups (broad SMARTS) is 1. The van der Waals surface area contributed by atoms with Gasteiger partial charge in [-0.25, -0.2) is 4.79 Å². The molecule has 0 amide bonds. The molecule has 0 fully saturated rings. The van der Waals surface area contributed by atoms with Gasteiger partial charge >= 0.3 is 5.97 Å². The third-order valence-electron chi connectivity index (χ3n) is 3.38. The van der Waals surface area contributed by atoms with E-state index in [1.807, 2.05) is 36.6 Å². The predicted molar refractivity (Wildman–Crippen MR) is 71.0 cm³/mol. The van der Waals surface area contributed by atoms with Gasteiger partial charge in [0.25, 0.3) is 0 Å². The van der Waals surface area contributed by atoms with Gasteiger partial charge in [-0.05, 0) is 31.4 Å². The molecule has 0 saturated heterocycles. The lowest BCUT2D eigenvalue weighted by molar-refractivity contribution is 0.0696. The van der Waals surface area contributed by atoms with E-state index in [9.17, 15) is 4.79 Å². The SMILES string of the molecule is Cc1c(C(=O)O)cn(CCc2ccccc2)c1C. The van der Waals surface area contributed by atoms with Gasteiger partial charge in [-0.1, -0.05) is 30.3 Å². The van der Waals surface area contributed by atoms with Gasteiger partial charge in [0.05, 0.1) is 5.56 Å². The van der Waals surface area contributed by atoms with Crippen LogP contribution in [0.15, 0.2) is 36.5 Å². The highest BCUT2D eigenvalue weighted by atomic mass is 16.4. The van der Waals surface area contributed by atoms with Crippen LogP contribution in [0, 0.1) is 13.8 Å². The summed E-state index contributed by atoms with van der Waals surface area (Å²) in [4.78, 5) is 11.0. The van der Waals surface area contributed by atoms with Gasteiger partial charge in [-0.2, -0.15) is 0 Å². The maximum absolute atomic E-state index is 11.0. The average molecular weight is 243 g/mol. The number of carboxylic acids is 1.